The van der Waals surface area contributed by atoms with E-state index >= 15 is 0 Å². The fourth-order valence-electron chi connectivity index (χ4n) is 4.80. The Kier molecular flexibility index (Phi) is 8.86. The van der Waals surface area contributed by atoms with Gasteiger partial charge in [0.15, 0.2) is 0 Å². The number of rotatable bonds is 10. The molecule has 0 N–H and O–H groups in total. The average molecular weight is 514 g/mol. The Hall–Kier alpha value is -2.64. The number of nitrogens with zero attached hydrogens (tertiary/aromatic N) is 3. The van der Waals surface area contributed by atoms with Gasteiger partial charge in [-0.05, 0) is 56.0 Å². The summed E-state index contributed by atoms with van der Waals surface area (Å²) in [5.74, 6) is 0.870. The molecule has 0 aromatic heterocycles. The zero-order valence-corrected chi connectivity index (χ0v) is 21.9. The number of hydrogen-bond acceptors (Lipinski definition) is 7. The smallest absolute Gasteiger partial charge is 0.243 e. The lowest BCUT2D eigenvalue weighted by molar-refractivity contribution is -0.00397. The minimum Gasteiger partial charge on any atom is -0.490 e. The first-order valence-electron chi connectivity index (χ1n) is 12.5. The van der Waals surface area contributed by atoms with Crippen LogP contribution in [0.25, 0.3) is 0 Å². The van der Waals surface area contributed by atoms with Crippen molar-refractivity contribution < 1.29 is 22.6 Å². The van der Waals surface area contributed by atoms with E-state index in [0.29, 0.717) is 32.7 Å². The van der Waals surface area contributed by atoms with Gasteiger partial charge in [0, 0.05) is 32.8 Å². The number of anilines is 1. The van der Waals surface area contributed by atoms with E-state index in [9.17, 15) is 13.7 Å². The number of nitriles is 1. The fourth-order valence-corrected chi connectivity index (χ4v) is 6.49. The third kappa shape index (κ3) is 6.19. The van der Waals surface area contributed by atoms with Gasteiger partial charge in [-0.2, -0.15) is 9.57 Å². The molecular weight excluding hydrogens is 478 g/mol. The first-order chi connectivity index (χ1) is 17.4. The molecule has 9 heteroatoms. The van der Waals surface area contributed by atoms with Gasteiger partial charge < -0.3 is 19.1 Å². The summed E-state index contributed by atoms with van der Waals surface area (Å²) in [6, 6.07) is 14.7. The van der Waals surface area contributed by atoms with Gasteiger partial charge in [-0.1, -0.05) is 23.8 Å². The van der Waals surface area contributed by atoms with Crippen LogP contribution in [-0.4, -0.2) is 64.8 Å². The molecule has 1 fully saturated rings. The maximum Gasteiger partial charge on any atom is 0.243 e. The number of hydrogen-bond donors (Lipinski definition) is 0. The fraction of sp³-hybridized carbons (Fsp3) is 0.519. The number of benzene rings is 2. The van der Waals surface area contributed by atoms with Crippen molar-refractivity contribution in [2.24, 2.45) is 0 Å². The van der Waals surface area contributed by atoms with Gasteiger partial charge in [0.25, 0.3) is 0 Å². The standard InChI is InChI=1S/C27H35N3O5S/c1-21-4-9-25(10-5-21)36(31,32)30-19-24(8-7-23(30)12-13-28)35-20-22-6-11-27-26(18-22)29(15-17-34-27)14-3-16-33-2/h4-6,9-11,18,23-24H,3,7-8,12,14-17,19-20H2,1-2H3/t23-,24+/m0/s1. The van der Waals surface area contributed by atoms with Crippen molar-refractivity contribution in [3.8, 4) is 11.8 Å². The lowest BCUT2D eigenvalue weighted by Gasteiger charge is -2.37. The number of fused-ring (bicyclic) bond motifs is 1. The quantitative estimate of drug-likeness (QED) is 0.445. The monoisotopic (exact) mass is 513 g/mol. The molecular formula is C27H35N3O5S. The SMILES string of the molecule is COCCCN1CCOc2ccc(CO[C@@H]3CC[C@@H](CC#N)N(S(=O)(=O)c4ccc(C)cc4)C3)cc21. The molecule has 1 saturated heterocycles. The van der Waals surface area contributed by atoms with E-state index in [1.807, 2.05) is 19.1 Å². The Balaban J connectivity index is 1.44. The summed E-state index contributed by atoms with van der Waals surface area (Å²) in [4.78, 5) is 2.56. The van der Waals surface area contributed by atoms with Crippen LogP contribution >= 0.6 is 0 Å². The maximum absolute atomic E-state index is 13.4. The summed E-state index contributed by atoms with van der Waals surface area (Å²) in [6.45, 7) is 5.63. The number of piperidine rings is 1. The summed E-state index contributed by atoms with van der Waals surface area (Å²) in [6.07, 6.45) is 2.17. The Morgan fingerprint density at radius 2 is 1.97 bits per heavy atom. The molecule has 0 spiro atoms. The largest absolute Gasteiger partial charge is 0.490 e. The topological polar surface area (TPSA) is 92.1 Å². The van der Waals surface area contributed by atoms with Gasteiger partial charge in [0.05, 0.1) is 42.3 Å². The van der Waals surface area contributed by atoms with Crippen LogP contribution in [0.2, 0.25) is 0 Å². The second-order valence-corrected chi connectivity index (χ2v) is 11.3. The molecule has 0 unspecified atom stereocenters. The van der Waals surface area contributed by atoms with Crippen LogP contribution < -0.4 is 9.64 Å². The van der Waals surface area contributed by atoms with Crippen molar-refractivity contribution in [1.29, 1.82) is 5.26 Å². The lowest BCUT2D eigenvalue weighted by Crippen LogP contribution is -2.49. The number of ether oxygens (including phenoxy) is 3. The van der Waals surface area contributed by atoms with Crippen LogP contribution in [0.15, 0.2) is 47.4 Å². The van der Waals surface area contributed by atoms with Crippen LogP contribution in [-0.2, 0) is 26.1 Å². The Bertz CT molecular complexity index is 1160. The van der Waals surface area contributed by atoms with Crippen molar-refractivity contribution >= 4 is 15.7 Å². The van der Waals surface area contributed by atoms with E-state index in [2.05, 4.69) is 17.0 Å². The van der Waals surface area contributed by atoms with Crippen LogP contribution in [0, 0.1) is 18.3 Å². The Morgan fingerprint density at radius 3 is 2.72 bits per heavy atom. The van der Waals surface area contributed by atoms with E-state index in [-0.39, 0.29) is 30.0 Å². The molecule has 0 radical (unpaired) electrons. The van der Waals surface area contributed by atoms with Crippen molar-refractivity contribution in [1.82, 2.24) is 4.31 Å². The molecule has 4 rings (SSSR count). The summed E-state index contributed by atoms with van der Waals surface area (Å²) in [5.41, 5.74) is 3.07. The summed E-state index contributed by atoms with van der Waals surface area (Å²) < 4.78 is 45.6. The Morgan fingerprint density at radius 1 is 1.17 bits per heavy atom. The number of sulfonamides is 1. The normalized spacial score (nSPS) is 20.4. The zero-order chi connectivity index (χ0) is 25.5. The van der Waals surface area contributed by atoms with E-state index in [1.54, 1.807) is 31.4 Å². The van der Waals surface area contributed by atoms with Crippen LogP contribution in [0.3, 0.4) is 0 Å². The molecule has 2 atom stereocenters. The molecule has 194 valence electrons. The van der Waals surface area contributed by atoms with Crippen LogP contribution in [0.4, 0.5) is 5.69 Å². The highest BCUT2D eigenvalue weighted by Crippen LogP contribution is 2.34. The highest BCUT2D eigenvalue weighted by Gasteiger charge is 2.37. The third-order valence-corrected chi connectivity index (χ3v) is 8.74. The second-order valence-electron chi connectivity index (χ2n) is 9.40. The van der Waals surface area contributed by atoms with Gasteiger partial charge in [0.1, 0.15) is 12.4 Å². The predicted molar refractivity (Wildman–Crippen MR) is 138 cm³/mol. The number of aryl methyl sites for hydroxylation is 1. The van der Waals surface area contributed by atoms with E-state index in [0.717, 1.165) is 42.1 Å². The summed E-state index contributed by atoms with van der Waals surface area (Å²) in [5, 5.41) is 9.29. The Labute approximate surface area is 214 Å². The summed E-state index contributed by atoms with van der Waals surface area (Å²) in [7, 11) is -2.02. The molecule has 8 nitrogen and oxygen atoms in total. The molecule has 2 aliphatic rings. The highest BCUT2D eigenvalue weighted by atomic mass is 32.2. The van der Waals surface area contributed by atoms with Crippen molar-refractivity contribution in [2.45, 2.75) is 56.3 Å². The molecule has 2 heterocycles. The minimum atomic E-state index is -3.73. The van der Waals surface area contributed by atoms with Crippen molar-refractivity contribution in [2.75, 3.05) is 44.9 Å². The third-order valence-electron chi connectivity index (χ3n) is 6.81. The molecule has 0 bridgehead atoms. The van der Waals surface area contributed by atoms with Crippen molar-refractivity contribution in [3.05, 3.63) is 53.6 Å². The molecule has 0 amide bonds. The van der Waals surface area contributed by atoms with Gasteiger partial charge in [-0.25, -0.2) is 8.42 Å². The zero-order valence-electron chi connectivity index (χ0n) is 21.1. The molecule has 0 aliphatic carbocycles. The first kappa shape index (κ1) is 26.4. The molecule has 2 aromatic carbocycles. The summed E-state index contributed by atoms with van der Waals surface area (Å²) >= 11 is 0. The molecule has 36 heavy (non-hydrogen) atoms. The van der Waals surface area contributed by atoms with Gasteiger partial charge >= 0.3 is 0 Å². The first-order valence-corrected chi connectivity index (χ1v) is 13.9. The maximum atomic E-state index is 13.4. The van der Waals surface area contributed by atoms with Crippen LogP contribution in [0.5, 0.6) is 5.75 Å². The van der Waals surface area contributed by atoms with Crippen LogP contribution in [0.1, 0.15) is 36.8 Å². The van der Waals surface area contributed by atoms with Gasteiger partial charge in [0.2, 0.25) is 10.0 Å². The second kappa shape index (κ2) is 12.1. The predicted octanol–water partition coefficient (Wildman–Crippen LogP) is 3.88. The lowest BCUT2D eigenvalue weighted by atomic mass is 10.0. The molecule has 2 aromatic rings. The van der Waals surface area contributed by atoms with Gasteiger partial charge in [-0.15, -0.1) is 0 Å². The molecule has 0 saturated carbocycles. The highest BCUT2D eigenvalue weighted by molar-refractivity contribution is 7.89. The van der Waals surface area contributed by atoms with E-state index < -0.39 is 10.0 Å². The minimum absolute atomic E-state index is 0.168. The van der Waals surface area contributed by atoms with Gasteiger partial charge in [-0.3, -0.25) is 0 Å². The molecule has 2 aliphatic heterocycles. The average Bonchev–Trinajstić information content (AvgIpc) is 2.88. The number of methoxy groups -OCH3 is 1. The van der Waals surface area contributed by atoms with E-state index in [1.165, 1.54) is 4.31 Å². The van der Waals surface area contributed by atoms with E-state index in [4.69, 9.17) is 14.2 Å². The van der Waals surface area contributed by atoms with Crippen molar-refractivity contribution in [3.63, 3.8) is 0 Å².